The lowest BCUT2D eigenvalue weighted by Gasteiger charge is -2.09. The normalized spacial score (nSPS) is 14.8. The lowest BCUT2D eigenvalue weighted by Crippen LogP contribution is -2.12. The summed E-state index contributed by atoms with van der Waals surface area (Å²) in [7, 11) is -3.87. The maximum absolute atomic E-state index is 13.5. The van der Waals surface area contributed by atoms with Crippen LogP contribution in [-0.2, 0) is 10.0 Å². The summed E-state index contributed by atoms with van der Waals surface area (Å²) in [5.41, 5.74) is 5.28. The fourth-order valence-corrected chi connectivity index (χ4v) is 6.88. The SMILES string of the molecule is Cc1ccc(S(=O)(=O)n2cc(-c3nc(-c4cccc([C@H]5C=Cn6ccnc65)c4)cs3)c3nccnc32)cc1. The summed E-state index contributed by atoms with van der Waals surface area (Å²) < 4.78 is 30.3. The molecular weight excluding hydrogens is 516 g/mol. The minimum absolute atomic E-state index is 0.0864. The minimum Gasteiger partial charge on any atom is -0.310 e. The third-order valence-corrected chi connectivity index (χ3v) is 9.20. The van der Waals surface area contributed by atoms with E-state index in [1.165, 1.54) is 21.5 Å². The highest BCUT2D eigenvalue weighted by molar-refractivity contribution is 7.90. The van der Waals surface area contributed by atoms with Crippen LogP contribution in [0.15, 0.2) is 95.9 Å². The van der Waals surface area contributed by atoms with Gasteiger partial charge in [0.25, 0.3) is 10.0 Å². The van der Waals surface area contributed by atoms with Crippen LogP contribution in [0.5, 0.6) is 0 Å². The standard InChI is InChI=1S/C28H20N6O2S2/c1-18-5-7-21(8-6-18)38(35,36)34-16-23(25-27(34)30-11-10-29-25)28-32-24(17-37-28)20-4-2-3-19(15-20)22-9-13-33-14-12-31-26(22)33/h2-17,22H,1H3/t22-/m1/s1. The van der Waals surface area contributed by atoms with Gasteiger partial charge in [0.15, 0.2) is 5.65 Å². The van der Waals surface area contributed by atoms with Crippen LogP contribution in [0.25, 0.3) is 39.2 Å². The Morgan fingerprint density at radius 1 is 0.974 bits per heavy atom. The molecule has 4 aromatic heterocycles. The maximum Gasteiger partial charge on any atom is 0.269 e. The molecule has 0 fully saturated rings. The topological polar surface area (TPSA) is 95.6 Å². The van der Waals surface area contributed by atoms with Crippen LogP contribution in [0, 0.1) is 6.92 Å². The Balaban J connectivity index is 1.29. The van der Waals surface area contributed by atoms with Crippen LogP contribution < -0.4 is 0 Å². The molecule has 0 bridgehead atoms. The predicted molar refractivity (Wildman–Crippen MR) is 147 cm³/mol. The van der Waals surface area contributed by atoms with Crippen molar-refractivity contribution in [2.24, 2.45) is 0 Å². The smallest absolute Gasteiger partial charge is 0.269 e. The molecule has 10 heteroatoms. The molecule has 2 aromatic carbocycles. The number of rotatable bonds is 5. The molecule has 6 aromatic rings. The van der Waals surface area contributed by atoms with Crippen molar-refractivity contribution in [1.82, 2.24) is 28.5 Å². The van der Waals surface area contributed by atoms with Crippen molar-refractivity contribution < 1.29 is 8.42 Å². The quantitative estimate of drug-likeness (QED) is 0.285. The molecule has 7 rings (SSSR count). The van der Waals surface area contributed by atoms with Crippen LogP contribution in [0.2, 0.25) is 0 Å². The number of hydrogen-bond acceptors (Lipinski definition) is 7. The van der Waals surface area contributed by atoms with Crippen LogP contribution >= 0.6 is 11.3 Å². The summed E-state index contributed by atoms with van der Waals surface area (Å²) in [6.07, 6.45) is 12.5. The number of thiazole rings is 1. The summed E-state index contributed by atoms with van der Waals surface area (Å²) in [6.45, 7) is 1.92. The zero-order valence-electron chi connectivity index (χ0n) is 20.1. The monoisotopic (exact) mass is 536 g/mol. The van der Waals surface area contributed by atoms with Gasteiger partial charge in [0.2, 0.25) is 0 Å². The van der Waals surface area contributed by atoms with Gasteiger partial charge in [0.1, 0.15) is 16.3 Å². The Morgan fingerprint density at radius 3 is 2.68 bits per heavy atom. The summed E-state index contributed by atoms with van der Waals surface area (Å²) in [6, 6.07) is 15.0. The van der Waals surface area contributed by atoms with Crippen molar-refractivity contribution in [2.75, 3.05) is 0 Å². The Hall–Kier alpha value is -4.41. The van der Waals surface area contributed by atoms with Crippen molar-refractivity contribution >= 4 is 38.7 Å². The van der Waals surface area contributed by atoms with Crippen LogP contribution in [0.4, 0.5) is 0 Å². The van der Waals surface area contributed by atoms with E-state index in [1.54, 1.807) is 42.9 Å². The Morgan fingerprint density at radius 2 is 1.82 bits per heavy atom. The molecular formula is C28H20N6O2S2. The number of aryl methyl sites for hydroxylation is 1. The first-order valence-corrected chi connectivity index (χ1v) is 14.2. The Labute approximate surface area is 222 Å². The summed E-state index contributed by atoms with van der Waals surface area (Å²) in [5.74, 6) is 1.07. The highest BCUT2D eigenvalue weighted by Gasteiger charge is 2.25. The molecule has 0 radical (unpaired) electrons. The first-order chi connectivity index (χ1) is 18.5. The molecule has 0 saturated carbocycles. The van der Waals surface area contributed by atoms with Gasteiger partial charge in [0, 0.05) is 48.1 Å². The first kappa shape index (κ1) is 22.8. The zero-order chi connectivity index (χ0) is 25.9. The number of benzene rings is 2. The second-order valence-electron chi connectivity index (χ2n) is 9.06. The van der Waals surface area contributed by atoms with Crippen LogP contribution in [0.3, 0.4) is 0 Å². The average molecular weight is 537 g/mol. The maximum atomic E-state index is 13.5. The van der Waals surface area contributed by atoms with Gasteiger partial charge < -0.3 is 4.57 Å². The molecule has 0 spiro atoms. The summed E-state index contributed by atoms with van der Waals surface area (Å²) in [5, 5.41) is 2.65. The lowest BCUT2D eigenvalue weighted by atomic mass is 9.97. The highest BCUT2D eigenvalue weighted by Crippen LogP contribution is 2.36. The van der Waals surface area contributed by atoms with Gasteiger partial charge in [-0.05, 0) is 30.7 Å². The molecule has 0 saturated heterocycles. The largest absolute Gasteiger partial charge is 0.310 e. The lowest BCUT2D eigenvalue weighted by molar-refractivity contribution is 0.588. The van der Waals surface area contributed by atoms with E-state index in [0.29, 0.717) is 16.1 Å². The van der Waals surface area contributed by atoms with Gasteiger partial charge in [-0.2, -0.15) is 0 Å². The predicted octanol–water partition coefficient (Wildman–Crippen LogP) is 5.58. The van der Waals surface area contributed by atoms with E-state index in [4.69, 9.17) is 4.98 Å². The van der Waals surface area contributed by atoms with E-state index < -0.39 is 10.0 Å². The zero-order valence-corrected chi connectivity index (χ0v) is 21.8. The fraction of sp³-hybridized carbons (Fsp3) is 0.0714. The summed E-state index contributed by atoms with van der Waals surface area (Å²) in [4.78, 5) is 18.4. The fourth-order valence-electron chi connectivity index (χ4n) is 4.72. The molecule has 8 nitrogen and oxygen atoms in total. The number of allylic oxidation sites excluding steroid dienone is 1. The van der Waals surface area contributed by atoms with Gasteiger partial charge in [-0.15, -0.1) is 11.3 Å². The van der Waals surface area contributed by atoms with Crippen LogP contribution in [0.1, 0.15) is 22.9 Å². The molecule has 0 unspecified atom stereocenters. The second-order valence-corrected chi connectivity index (χ2v) is 11.7. The number of imidazole rings is 1. The number of nitrogens with zero attached hydrogens (tertiary/aromatic N) is 6. The van der Waals surface area contributed by atoms with Crippen molar-refractivity contribution in [3.63, 3.8) is 0 Å². The second kappa shape index (κ2) is 8.57. The molecule has 1 aliphatic rings. The Kier molecular flexibility index (Phi) is 5.14. The average Bonchev–Trinajstić information content (AvgIpc) is 3.72. The molecule has 5 heterocycles. The molecule has 38 heavy (non-hydrogen) atoms. The van der Waals surface area contributed by atoms with E-state index in [0.717, 1.165) is 28.2 Å². The van der Waals surface area contributed by atoms with Gasteiger partial charge in [-0.25, -0.2) is 27.3 Å². The van der Waals surface area contributed by atoms with Crippen molar-refractivity contribution in [3.05, 3.63) is 108 Å². The van der Waals surface area contributed by atoms with E-state index in [2.05, 4.69) is 33.2 Å². The van der Waals surface area contributed by atoms with E-state index in [9.17, 15) is 8.42 Å². The van der Waals surface area contributed by atoms with Gasteiger partial charge in [-0.3, -0.25) is 4.98 Å². The van der Waals surface area contributed by atoms with E-state index in [-0.39, 0.29) is 16.5 Å². The van der Waals surface area contributed by atoms with E-state index >= 15 is 0 Å². The summed E-state index contributed by atoms with van der Waals surface area (Å²) >= 11 is 1.44. The molecule has 0 aliphatic carbocycles. The molecule has 0 amide bonds. The number of fused-ring (bicyclic) bond motifs is 2. The molecule has 186 valence electrons. The van der Waals surface area contributed by atoms with Crippen molar-refractivity contribution in [2.45, 2.75) is 17.7 Å². The third-order valence-electron chi connectivity index (χ3n) is 6.66. The molecule has 1 atom stereocenters. The van der Waals surface area contributed by atoms with Crippen molar-refractivity contribution in [1.29, 1.82) is 0 Å². The Bertz CT molecular complexity index is 1970. The number of hydrogen-bond donors (Lipinski definition) is 0. The molecule has 1 aliphatic heterocycles. The molecule has 0 N–H and O–H groups in total. The third kappa shape index (κ3) is 3.60. The highest BCUT2D eigenvalue weighted by atomic mass is 32.2. The minimum atomic E-state index is -3.87. The van der Waals surface area contributed by atoms with Gasteiger partial charge in [-0.1, -0.05) is 42.0 Å². The number of aromatic nitrogens is 6. The van der Waals surface area contributed by atoms with Gasteiger partial charge in [0.05, 0.1) is 22.1 Å². The van der Waals surface area contributed by atoms with Crippen molar-refractivity contribution in [3.8, 4) is 21.8 Å². The van der Waals surface area contributed by atoms with Gasteiger partial charge >= 0.3 is 0 Å². The van der Waals surface area contributed by atoms with E-state index in [1.807, 2.05) is 41.4 Å². The first-order valence-electron chi connectivity index (χ1n) is 11.9. The van der Waals surface area contributed by atoms with Crippen LogP contribution in [-0.4, -0.2) is 36.9 Å².